The Bertz CT molecular complexity index is 1080. The first-order valence-electron chi connectivity index (χ1n) is 9.78. The summed E-state index contributed by atoms with van der Waals surface area (Å²) in [5.41, 5.74) is 0.719. The molecule has 1 aliphatic heterocycles. The molecule has 3 aromatic rings. The van der Waals surface area contributed by atoms with Gasteiger partial charge in [-0.25, -0.2) is 9.97 Å². The first-order valence-corrected chi connectivity index (χ1v) is 10.8. The summed E-state index contributed by atoms with van der Waals surface area (Å²) in [5.74, 6) is 0.211. The van der Waals surface area contributed by atoms with Gasteiger partial charge in [0.15, 0.2) is 0 Å². The number of carbonyl (C=O) groups excluding carboxylic acids is 1. The van der Waals surface area contributed by atoms with E-state index in [9.17, 15) is 18.0 Å². The van der Waals surface area contributed by atoms with E-state index in [0.717, 1.165) is 29.4 Å². The molecule has 0 radical (unpaired) electrons. The van der Waals surface area contributed by atoms with Crippen molar-refractivity contribution in [3.05, 3.63) is 54.4 Å². The maximum absolute atomic E-state index is 12.6. The van der Waals surface area contributed by atoms with Crippen LogP contribution >= 0.6 is 11.8 Å². The van der Waals surface area contributed by atoms with Crippen LogP contribution in [-0.2, 0) is 15.7 Å². The molecule has 1 unspecified atom stereocenters. The quantitative estimate of drug-likeness (QED) is 0.517. The van der Waals surface area contributed by atoms with E-state index >= 15 is 0 Å². The van der Waals surface area contributed by atoms with Gasteiger partial charge < -0.3 is 14.4 Å². The first kappa shape index (κ1) is 22.3. The third kappa shape index (κ3) is 5.65. The summed E-state index contributed by atoms with van der Waals surface area (Å²) in [7, 11) is 0. The molecule has 1 atom stereocenters. The topological polar surface area (TPSA) is 77.4 Å². The lowest BCUT2D eigenvalue weighted by Gasteiger charge is -2.32. The zero-order valence-electron chi connectivity index (χ0n) is 16.8. The summed E-state index contributed by atoms with van der Waals surface area (Å²) in [6.45, 7) is 1.20. The summed E-state index contributed by atoms with van der Waals surface area (Å²) in [5, 5.41) is 0.665. The SMILES string of the molecule is O=C(CSc1cnc2ccccc2n1)N1CCOC(COc2ccc(C(F)(F)F)cn2)C1. The molecule has 3 heterocycles. The van der Waals surface area contributed by atoms with Crippen LogP contribution in [0.15, 0.2) is 53.8 Å². The molecule has 2 aromatic heterocycles. The van der Waals surface area contributed by atoms with Crippen molar-refractivity contribution >= 4 is 28.7 Å². The van der Waals surface area contributed by atoms with Crippen molar-refractivity contribution in [1.82, 2.24) is 19.9 Å². The number of pyridine rings is 1. The molecule has 0 N–H and O–H groups in total. The predicted octanol–water partition coefficient (Wildman–Crippen LogP) is 3.44. The van der Waals surface area contributed by atoms with Gasteiger partial charge in [-0.2, -0.15) is 13.2 Å². The van der Waals surface area contributed by atoms with E-state index in [1.807, 2.05) is 24.3 Å². The number of morpholine rings is 1. The number of aromatic nitrogens is 3. The van der Waals surface area contributed by atoms with E-state index in [-0.39, 0.29) is 24.1 Å². The maximum atomic E-state index is 12.6. The molecule has 32 heavy (non-hydrogen) atoms. The third-order valence-electron chi connectivity index (χ3n) is 4.74. The zero-order valence-corrected chi connectivity index (χ0v) is 17.6. The number of thioether (sulfide) groups is 1. The van der Waals surface area contributed by atoms with Gasteiger partial charge in [0.1, 0.15) is 17.7 Å². The molecule has 1 amide bonds. The third-order valence-corrected chi connectivity index (χ3v) is 5.63. The fraction of sp³-hybridized carbons (Fsp3) is 0.333. The second-order valence-corrected chi connectivity index (χ2v) is 8.01. The Labute approximate surface area is 186 Å². The van der Waals surface area contributed by atoms with Gasteiger partial charge in [-0.3, -0.25) is 9.78 Å². The lowest BCUT2D eigenvalue weighted by atomic mass is 10.2. The van der Waals surface area contributed by atoms with Gasteiger partial charge in [0.25, 0.3) is 0 Å². The molecule has 4 rings (SSSR count). The van der Waals surface area contributed by atoms with Crippen LogP contribution in [-0.4, -0.2) is 63.9 Å². The normalized spacial score (nSPS) is 16.8. The largest absolute Gasteiger partial charge is 0.475 e. The molecule has 1 saturated heterocycles. The Morgan fingerprint density at radius 2 is 1.97 bits per heavy atom. The number of halogens is 3. The van der Waals surface area contributed by atoms with Crippen molar-refractivity contribution in [2.75, 3.05) is 32.1 Å². The molecular formula is C21H19F3N4O3S. The van der Waals surface area contributed by atoms with Crippen LogP contribution in [0, 0.1) is 0 Å². The standard InChI is InChI=1S/C21H19F3N4O3S/c22-21(23,24)14-5-6-18(26-9-14)31-12-15-11-28(7-8-30-15)20(29)13-32-19-10-25-16-3-1-2-4-17(16)27-19/h1-6,9-10,15H,7-8,11-13H2. The van der Waals surface area contributed by atoms with Crippen LogP contribution in [0.2, 0.25) is 0 Å². The summed E-state index contributed by atoms with van der Waals surface area (Å²) < 4.78 is 48.9. The van der Waals surface area contributed by atoms with Crippen LogP contribution < -0.4 is 4.74 Å². The van der Waals surface area contributed by atoms with Gasteiger partial charge in [-0.15, -0.1) is 0 Å². The minimum atomic E-state index is -4.45. The number of carbonyl (C=O) groups is 1. The van der Waals surface area contributed by atoms with E-state index in [1.54, 1.807) is 11.1 Å². The van der Waals surface area contributed by atoms with Crippen molar-refractivity contribution in [1.29, 1.82) is 0 Å². The highest BCUT2D eigenvalue weighted by Crippen LogP contribution is 2.29. The van der Waals surface area contributed by atoms with Gasteiger partial charge >= 0.3 is 6.18 Å². The Morgan fingerprint density at radius 1 is 1.16 bits per heavy atom. The van der Waals surface area contributed by atoms with Crippen LogP contribution in [0.5, 0.6) is 5.88 Å². The Balaban J connectivity index is 1.26. The average molecular weight is 464 g/mol. The number of rotatable bonds is 6. The monoisotopic (exact) mass is 464 g/mol. The fourth-order valence-corrected chi connectivity index (χ4v) is 3.84. The molecule has 11 heteroatoms. The molecule has 0 saturated carbocycles. The van der Waals surface area contributed by atoms with Gasteiger partial charge in [0, 0.05) is 18.8 Å². The van der Waals surface area contributed by atoms with Gasteiger partial charge in [0.05, 0.1) is 41.7 Å². The second kappa shape index (κ2) is 9.70. The molecule has 1 aromatic carbocycles. The molecule has 0 bridgehead atoms. The number of alkyl halides is 3. The van der Waals surface area contributed by atoms with E-state index < -0.39 is 17.8 Å². The van der Waals surface area contributed by atoms with Gasteiger partial charge in [0.2, 0.25) is 11.8 Å². The Morgan fingerprint density at radius 3 is 2.72 bits per heavy atom. The minimum absolute atomic E-state index is 0.0640. The van der Waals surface area contributed by atoms with Gasteiger partial charge in [-0.1, -0.05) is 23.9 Å². The van der Waals surface area contributed by atoms with E-state index in [1.165, 1.54) is 11.8 Å². The summed E-state index contributed by atoms with van der Waals surface area (Å²) in [6.07, 6.45) is -2.48. The van der Waals surface area contributed by atoms with Gasteiger partial charge in [-0.05, 0) is 18.2 Å². The molecule has 0 aliphatic carbocycles. The van der Waals surface area contributed by atoms with E-state index in [0.29, 0.717) is 24.7 Å². The second-order valence-electron chi connectivity index (χ2n) is 7.01. The first-order chi connectivity index (χ1) is 15.4. The molecule has 168 valence electrons. The van der Waals surface area contributed by atoms with Crippen molar-refractivity contribution in [2.45, 2.75) is 17.3 Å². The lowest BCUT2D eigenvalue weighted by Crippen LogP contribution is -2.48. The molecule has 7 nitrogen and oxygen atoms in total. The number of amides is 1. The zero-order chi connectivity index (χ0) is 22.6. The van der Waals surface area contributed by atoms with Crippen LogP contribution in [0.1, 0.15) is 5.56 Å². The average Bonchev–Trinajstić information content (AvgIpc) is 2.81. The molecule has 1 aliphatic rings. The van der Waals surface area contributed by atoms with E-state index in [4.69, 9.17) is 9.47 Å². The molecule has 1 fully saturated rings. The number of hydrogen-bond donors (Lipinski definition) is 0. The number of para-hydroxylation sites is 2. The molecular weight excluding hydrogens is 445 g/mol. The highest BCUT2D eigenvalue weighted by Gasteiger charge is 2.31. The summed E-state index contributed by atoms with van der Waals surface area (Å²) in [4.78, 5) is 26.8. The molecule has 0 spiro atoms. The van der Waals surface area contributed by atoms with Crippen molar-refractivity contribution in [3.63, 3.8) is 0 Å². The summed E-state index contributed by atoms with van der Waals surface area (Å²) >= 11 is 1.31. The maximum Gasteiger partial charge on any atom is 0.417 e. The fourth-order valence-electron chi connectivity index (χ4n) is 3.10. The van der Waals surface area contributed by atoms with Crippen LogP contribution in [0.4, 0.5) is 13.2 Å². The number of nitrogens with zero attached hydrogens (tertiary/aromatic N) is 4. The number of benzene rings is 1. The van der Waals surface area contributed by atoms with Crippen molar-refractivity contribution < 1.29 is 27.4 Å². The van der Waals surface area contributed by atoms with Crippen molar-refractivity contribution in [2.24, 2.45) is 0 Å². The number of hydrogen-bond acceptors (Lipinski definition) is 7. The number of fused-ring (bicyclic) bond motifs is 1. The Hall–Kier alpha value is -2.92. The van der Waals surface area contributed by atoms with E-state index in [2.05, 4.69) is 15.0 Å². The highest BCUT2D eigenvalue weighted by atomic mass is 32.2. The summed E-state index contributed by atoms with van der Waals surface area (Å²) in [6, 6.07) is 9.58. The Kier molecular flexibility index (Phi) is 6.75. The highest BCUT2D eigenvalue weighted by molar-refractivity contribution is 7.99. The smallest absolute Gasteiger partial charge is 0.417 e. The predicted molar refractivity (Wildman–Crippen MR) is 111 cm³/mol. The van der Waals surface area contributed by atoms with Crippen LogP contribution in [0.25, 0.3) is 11.0 Å². The lowest BCUT2D eigenvalue weighted by molar-refractivity contribution is -0.138. The number of ether oxygens (including phenoxy) is 2. The minimum Gasteiger partial charge on any atom is -0.475 e. The van der Waals surface area contributed by atoms with Crippen molar-refractivity contribution in [3.8, 4) is 5.88 Å². The van der Waals surface area contributed by atoms with Crippen LogP contribution in [0.3, 0.4) is 0 Å².